The van der Waals surface area contributed by atoms with Crippen molar-refractivity contribution in [3.05, 3.63) is 54.7 Å². The average molecular weight is 382 g/mol. The molecule has 1 aliphatic heterocycles. The van der Waals surface area contributed by atoms with Gasteiger partial charge in [-0.05, 0) is 50.2 Å². The van der Waals surface area contributed by atoms with Gasteiger partial charge < -0.3 is 15.0 Å². The number of halogens is 1. The number of hydrogen-bond donors (Lipinski definition) is 1. The van der Waals surface area contributed by atoms with Crippen molar-refractivity contribution in [3.8, 4) is 11.6 Å². The summed E-state index contributed by atoms with van der Waals surface area (Å²) < 4.78 is 20.6. The summed E-state index contributed by atoms with van der Waals surface area (Å²) in [6.45, 7) is 4.23. The number of nitrogens with one attached hydrogen (secondary N) is 1. The fourth-order valence-corrected chi connectivity index (χ4v) is 3.19. The molecule has 8 heteroatoms. The number of ether oxygens (including phenoxy) is 1. The first-order valence-electron chi connectivity index (χ1n) is 9.53. The largest absolute Gasteiger partial charge is 0.439 e. The lowest BCUT2D eigenvalue weighted by atomic mass is 10.1. The van der Waals surface area contributed by atoms with Crippen molar-refractivity contribution in [2.45, 2.75) is 25.8 Å². The van der Waals surface area contributed by atoms with Crippen LogP contribution in [0, 0.1) is 5.82 Å². The summed E-state index contributed by atoms with van der Waals surface area (Å²) in [7, 11) is 0. The maximum Gasteiger partial charge on any atom is 0.230 e. The zero-order chi connectivity index (χ0) is 19.2. The molecule has 0 atom stereocenters. The van der Waals surface area contributed by atoms with Crippen LogP contribution >= 0.6 is 0 Å². The van der Waals surface area contributed by atoms with Crippen LogP contribution in [0.1, 0.15) is 19.3 Å². The lowest BCUT2D eigenvalue weighted by Crippen LogP contribution is -2.32. The van der Waals surface area contributed by atoms with Crippen LogP contribution in [0.4, 0.5) is 16.0 Å². The highest BCUT2D eigenvalue weighted by molar-refractivity contribution is 5.50. The van der Waals surface area contributed by atoms with Crippen molar-refractivity contribution < 1.29 is 9.13 Å². The number of likely N-dealkylation sites (tertiary alicyclic amines) is 1. The Kier molecular flexibility index (Phi) is 5.77. The highest BCUT2D eigenvalue weighted by atomic mass is 19.1. The summed E-state index contributed by atoms with van der Waals surface area (Å²) in [5.41, 5.74) is 0.817. The Morgan fingerprint density at radius 1 is 1.04 bits per heavy atom. The van der Waals surface area contributed by atoms with Crippen molar-refractivity contribution in [2.75, 3.05) is 25.0 Å². The van der Waals surface area contributed by atoms with Gasteiger partial charge in [-0.1, -0.05) is 6.42 Å². The summed E-state index contributed by atoms with van der Waals surface area (Å²) in [5, 5.41) is 7.54. The van der Waals surface area contributed by atoms with E-state index in [1.54, 1.807) is 30.6 Å². The van der Waals surface area contributed by atoms with Crippen LogP contribution in [0.15, 0.2) is 48.9 Å². The number of anilines is 2. The second kappa shape index (κ2) is 8.79. The monoisotopic (exact) mass is 382 g/mol. The molecule has 0 unspecified atom stereocenters. The molecule has 1 aromatic carbocycles. The van der Waals surface area contributed by atoms with E-state index in [0.29, 0.717) is 17.6 Å². The number of benzene rings is 1. The lowest BCUT2D eigenvalue weighted by molar-refractivity contribution is 0.218. The van der Waals surface area contributed by atoms with E-state index >= 15 is 0 Å². The van der Waals surface area contributed by atoms with Gasteiger partial charge in [-0.15, -0.1) is 0 Å². The molecule has 0 spiro atoms. The molecule has 28 heavy (non-hydrogen) atoms. The summed E-state index contributed by atoms with van der Waals surface area (Å²) >= 11 is 0. The van der Waals surface area contributed by atoms with Gasteiger partial charge in [0.1, 0.15) is 11.6 Å². The van der Waals surface area contributed by atoms with Crippen LogP contribution in [-0.4, -0.2) is 44.3 Å². The van der Waals surface area contributed by atoms with Crippen LogP contribution in [-0.2, 0) is 6.54 Å². The Morgan fingerprint density at radius 2 is 1.86 bits per heavy atom. The van der Waals surface area contributed by atoms with Crippen molar-refractivity contribution in [2.24, 2.45) is 0 Å². The Morgan fingerprint density at radius 3 is 2.68 bits per heavy atom. The highest BCUT2D eigenvalue weighted by Crippen LogP contribution is 2.21. The predicted octanol–water partition coefficient (Wildman–Crippen LogP) is 3.83. The summed E-state index contributed by atoms with van der Waals surface area (Å²) in [4.78, 5) is 11.0. The minimum Gasteiger partial charge on any atom is -0.439 e. The molecule has 1 aliphatic rings. The van der Waals surface area contributed by atoms with Crippen molar-refractivity contribution >= 4 is 11.6 Å². The molecule has 1 saturated heterocycles. The summed E-state index contributed by atoms with van der Waals surface area (Å²) in [5.74, 6) is 0.989. The number of piperidine rings is 1. The number of rotatable bonds is 7. The molecule has 1 N–H and O–H groups in total. The maximum absolute atomic E-state index is 13.0. The van der Waals surface area contributed by atoms with E-state index in [9.17, 15) is 4.39 Å². The van der Waals surface area contributed by atoms with Gasteiger partial charge in [-0.25, -0.2) is 9.37 Å². The van der Waals surface area contributed by atoms with Crippen LogP contribution in [0.2, 0.25) is 0 Å². The molecule has 4 rings (SSSR count). The molecular weight excluding hydrogens is 359 g/mol. The zero-order valence-electron chi connectivity index (χ0n) is 15.6. The molecular formula is C20H23FN6O. The van der Waals surface area contributed by atoms with Crippen LogP contribution in [0.3, 0.4) is 0 Å². The summed E-state index contributed by atoms with van der Waals surface area (Å²) in [6, 6.07) is 7.44. The lowest BCUT2D eigenvalue weighted by Gasteiger charge is -2.26. The topological polar surface area (TPSA) is 68.1 Å². The Labute approximate surface area is 163 Å². The van der Waals surface area contributed by atoms with E-state index in [1.165, 1.54) is 44.5 Å². The first-order valence-corrected chi connectivity index (χ1v) is 9.53. The molecule has 0 aliphatic carbocycles. The fourth-order valence-electron chi connectivity index (χ4n) is 3.19. The standard InChI is InChI=1S/C20H23FN6O/c21-16-4-6-18(7-5-16)28-19-8-9-22-20(25-19)24-17-14-23-27(15-17)13-12-26-10-2-1-3-11-26/h4-9,14-15H,1-3,10-13H2,(H,22,24,25). The van der Waals surface area contributed by atoms with Crippen molar-refractivity contribution in [3.63, 3.8) is 0 Å². The normalized spacial score (nSPS) is 14.8. The van der Waals surface area contributed by atoms with Crippen LogP contribution < -0.4 is 10.1 Å². The first-order chi connectivity index (χ1) is 13.7. The molecule has 0 saturated carbocycles. The smallest absolute Gasteiger partial charge is 0.230 e. The maximum atomic E-state index is 13.0. The Balaban J connectivity index is 1.34. The molecule has 7 nitrogen and oxygen atoms in total. The zero-order valence-corrected chi connectivity index (χ0v) is 15.6. The van der Waals surface area contributed by atoms with Gasteiger partial charge >= 0.3 is 0 Å². The average Bonchev–Trinajstić information content (AvgIpc) is 3.17. The molecule has 3 heterocycles. The second-order valence-electron chi connectivity index (χ2n) is 6.79. The molecule has 3 aromatic rings. The summed E-state index contributed by atoms with van der Waals surface area (Å²) in [6.07, 6.45) is 9.23. The SMILES string of the molecule is Fc1ccc(Oc2ccnc(Nc3cnn(CCN4CCCCC4)c3)n2)cc1. The molecule has 1 fully saturated rings. The van der Waals surface area contributed by atoms with Gasteiger partial charge in [-0.2, -0.15) is 10.1 Å². The predicted molar refractivity (Wildman–Crippen MR) is 104 cm³/mol. The van der Waals surface area contributed by atoms with Gasteiger partial charge in [0, 0.05) is 25.0 Å². The molecule has 146 valence electrons. The quantitative estimate of drug-likeness (QED) is 0.670. The first kappa shape index (κ1) is 18.4. The Hall–Kier alpha value is -3.00. The molecule has 0 radical (unpaired) electrons. The number of nitrogens with zero attached hydrogens (tertiary/aromatic N) is 5. The van der Waals surface area contributed by atoms with E-state index < -0.39 is 0 Å². The van der Waals surface area contributed by atoms with Gasteiger partial charge in [0.05, 0.1) is 18.4 Å². The third kappa shape index (κ3) is 5.04. The van der Waals surface area contributed by atoms with Crippen molar-refractivity contribution in [1.29, 1.82) is 0 Å². The highest BCUT2D eigenvalue weighted by Gasteiger charge is 2.10. The van der Waals surface area contributed by atoms with Crippen molar-refractivity contribution in [1.82, 2.24) is 24.6 Å². The molecule has 0 bridgehead atoms. The minimum absolute atomic E-state index is 0.310. The van der Waals surface area contributed by atoms with Crippen LogP contribution in [0.25, 0.3) is 0 Å². The third-order valence-electron chi connectivity index (χ3n) is 4.65. The fraction of sp³-hybridized carbons (Fsp3) is 0.350. The van der Waals surface area contributed by atoms with E-state index in [0.717, 1.165) is 18.8 Å². The third-order valence-corrected chi connectivity index (χ3v) is 4.65. The molecule has 2 aromatic heterocycles. The second-order valence-corrected chi connectivity index (χ2v) is 6.79. The van der Waals surface area contributed by atoms with Gasteiger partial charge in [0.25, 0.3) is 0 Å². The van der Waals surface area contributed by atoms with E-state index in [4.69, 9.17) is 4.74 Å². The van der Waals surface area contributed by atoms with E-state index in [-0.39, 0.29) is 5.82 Å². The number of aromatic nitrogens is 4. The van der Waals surface area contributed by atoms with E-state index in [1.807, 2.05) is 10.9 Å². The molecule has 0 amide bonds. The van der Waals surface area contributed by atoms with E-state index in [2.05, 4.69) is 25.3 Å². The van der Waals surface area contributed by atoms with Gasteiger partial charge in [0.15, 0.2) is 0 Å². The van der Waals surface area contributed by atoms with Gasteiger partial charge in [0.2, 0.25) is 11.8 Å². The Bertz CT molecular complexity index is 892. The number of hydrogen-bond acceptors (Lipinski definition) is 6. The van der Waals surface area contributed by atoms with Crippen LogP contribution in [0.5, 0.6) is 11.6 Å². The minimum atomic E-state index is -0.310. The van der Waals surface area contributed by atoms with Gasteiger partial charge in [-0.3, -0.25) is 4.68 Å².